The predicted octanol–water partition coefficient (Wildman–Crippen LogP) is 4.51. The van der Waals surface area contributed by atoms with E-state index in [1.807, 2.05) is 0 Å². The Morgan fingerprint density at radius 2 is 1.69 bits per heavy atom. The Morgan fingerprint density at radius 3 is 2.31 bits per heavy atom. The van der Waals surface area contributed by atoms with E-state index in [-0.39, 0.29) is 29.8 Å². The molecular formula is C22H23F2N3O2. The number of ether oxygens (including phenoxy) is 1. The van der Waals surface area contributed by atoms with Crippen LogP contribution >= 0.6 is 0 Å². The second kappa shape index (κ2) is 9.32. The Kier molecular flexibility index (Phi) is 6.59. The van der Waals surface area contributed by atoms with Gasteiger partial charge in [-0.1, -0.05) is 26.0 Å². The lowest BCUT2D eigenvalue weighted by molar-refractivity contribution is 0.0942. The predicted molar refractivity (Wildman–Crippen MR) is 106 cm³/mol. The molecule has 0 unspecified atom stereocenters. The van der Waals surface area contributed by atoms with Crippen molar-refractivity contribution in [1.82, 2.24) is 15.1 Å². The Labute approximate surface area is 168 Å². The van der Waals surface area contributed by atoms with Gasteiger partial charge in [0.1, 0.15) is 18.2 Å². The molecule has 0 spiro atoms. The third kappa shape index (κ3) is 5.63. The quantitative estimate of drug-likeness (QED) is 0.607. The van der Waals surface area contributed by atoms with Crippen LogP contribution in [0, 0.1) is 17.6 Å². The summed E-state index contributed by atoms with van der Waals surface area (Å²) in [6.45, 7) is 4.83. The van der Waals surface area contributed by atoms with Gasteiger partial charge in [0.2, 0.25) is 0 Å². The second-order valence-electron chi connectivity index (χ2n) is 7.12. The molecule has 1 heterocycles. The summed E-state index contributed by atoms with van der Waals surface area (Å²) in [4.78, 5) is 12.6. The number of carbonyl (C=O) groups is 1. The van der Waals surface area contributed by atoms with Crippen LogP contribution in [0.1, 0.15) is 36.3 Å². The van der Waals surface area contributed by atoms with Gasteiger partial charge in [-0.2, -0.15) is 5.10 Å². The van der Waals surface area contributed by atoms with Crippen molar-refractivity contribution in [3.8, 4) is 11.4 Å². The number of nitrogens with one attached hydrogen (secondary N) is 1. The second-order valence-corrected chi connectivity index (χ2v) is 7.12. The van der Waals surface area contributed by atoms with Crippen LogP contribution in [0.15, 0.2) is 54.7 Å². The molecule has 0 saturated heterocycles. The standard InChI is InChI=1S/C22H23F2N3O2/c1-15(2)11-12-25-22(28)21-20(29-14-16-3-5-17(23)6-4-16)13-27(26-21)19-9-7-18(24)8-10-19/h3-10,13,15H,11-12,14H2,1-2H3,(H,25,28). The summed E-state index contributed by atoms with van der Waals surface area (Å²) < 4.78 is 33.6. The zero-order valence-electron chi connectivity index (χ0n) is 16.4. The van der Waals surface area contributed by atoms with Gasteiger partial charge < -0.3 is 10.1 Å². The van der Waals surface area contributed by atoms with Crippen LogP contribution in [0.4, 0.5) is 8.78 Å². The highest BCUT2D eigenvalue weighted by Crippen LogP contribution is 2.22. The SMILES string of the molecule is CC(C)CCNC(=O)c1nn(-c2ccc(F)cc2)cc1OCc1ccc(F)cc1. The van der Waals surface area contributed by atoms with Gasteiger partial charge in [0.15, 0.2) is 11.4 Å². The van der Waals surface area contributed by atoms with Crippen LogP contribution in [-0.4, -0.2) is 22.2 Å². The first-order chi connectivity index (χ1) is 13.9. The first-order valence-corrected chi connectivity index (χ1v) is 9.43. The van der Waals surface area contributed by atoms with E-state index < -0.39 is 0 Å². The maximum absolute atomic E-state index is 13.2. The molecule has 2 aromatic carbocycles. The monoisotopic (exact) mass is 399 g/mol. The minimum absolute atomic E-state index is 0.139. The van der Waals surface area contributed by atoms with E-state index in [2.05, 4.69) is 24.3 Å². The van der Waals surface area contributed by atoms with Crippen molar-refractivity contribution in [2.24, 2.45) is 5.92 Å². The van der Waals surface area contributed by atoms with Gasteiger partial charge in [-0.25, -0.2) is 13.5 Å². The maximum Gasteiger partial charge on any atom is 0.275 e. The fourth-order valence-electron chi connectivity index (χ4n) is 2.65. The van der Waals surface area contributed by atoms with E-state index in [4.69, 9.17) is 4.74 Å². The summed E-state index contributed by atoms with van der Waals surface area (Å²) in [7, 11) is 0. The van der Waals surface area contributed by atoms with Crippen molar-refractivity contribution < 1.29 is 18.3 Å². The number of aromatic nitrogens is 2. The van der Waals surface area contributed by atoms with E-state index >= 15 is 0 Å². The van der Waals surface area contributed by atoms with Crippen molar-refractivity contribution in [3.63, 3.8) is 0 Å². The van der Waals surface area contributed by atoms with Crippen molar-refractivity contribution in [3.05, 3.63) is 77.6 Å². The smallest absolute Gasteiger partial charge is 0.275 e. The molecular weight excluding hydrogens is 376 g/mol. The van der Waals surface area contributed by atoms with Crippen LogP contribution in [-0.2, 0) is 6.61 Å². The summed E-state index contributed by atoms with van der Waals surface area (Å²) in [6.07, 6.45) is 2.42. The first-order valence-electron chi connectivity index (χ1n) is 9.43. The Morgan fingerprint density at radius 1 is 1.07 bits per heavy atom. The normalized spacial score (nSPS) is 10.9. The van der Waals surface area contributed by atoms with E-state index in [1.54, 1.807) is 30.5 Å². The molecule has 0 bridgehead atoms. The van der Waals surface area contributed by atoms with E-state index in [1.165, 1.54) is 28.9 Å². The Balaban J connectivity index is 1.81. The average Bonchev–Trinajstić information content (AvgIpc) is 3.12. The van der Waals surface area contributed by atoms with Gasteiger partial charge in [0.05, 0.1) is 11.9 Å². The highest BCUT2D eigenvalue weighted by Gasteiger charge is 2.19. The van der Waals surface area contributed by atoms with Crippen LogP contribution in [0.2, 0.25) is 0 Å². The van der Waals surface area contributed by atoms with Gasteiger partial charge in [-0.15, -0.1) is 0 Å². The molecule has 0 radical (unpaired) electrons. The number of benzene rings is 2. The molecule has 0 atom stereocenters. The number of nitrogens with zero attached hydrogens (tertiary/aromatic N) is 2. The minimum atomic E-state index is -0.361. The first kappa shape index (κ1) is 20.5. The fourth-order valence-corrected chi connectivity index (χ4v) is 2.65. The third-order valence-corrected chi connectivity index (χ3v) is 4.30. The molecule has 1 N–H and O–H groups in total. The molecule has 0 aliphatic carbocycles. The van der Waals surface area contributed by atoms with Gasteiger partial charge >= 0.3 is 0 Å². The minimum Gasteiger partial charge on any atom is -0.485 e. The van der Waals surface area contributed by atoms with E-state index in [9.17, 15) is 13.6 Å². The van der Waals surface area contributed by atoms with Gasteiger partial charge in [-0.05, 0) is 54.3 Å². The lowest BCUT2D eigenvalue weighted by atomic mass is 10.1. The molecule has 0 aliphatic heterocycles. The molecule has 0 fully saturated rings. The summed E-state index contributed by atoms with van der Waals surface area (Å²) >= 11 is 0. The van der Waals surface area contributed by atoms with Crippen molar-refractivity contribution in [2.75, 3.05) is 6.54 Å². The Bertz CT molecular complexity index is 951. The lowest BCUT2D eigenvalue weighted by Crippen LogP contribution is -2.26. The number of carbonyl (C=O) groups excluding carboxylic acids is 1. The number of amides is 1. The summed E-state index contributed by atoms with van der Waals surface area (Å²) in [6, 6.07) is 11.7. The average molecular weight is 399 g/mol. The molecule has 1 aromatic heterocycles. The van der Waals surface area contributed by atoms with Gasteiger partial charge in [0, 0.05) is 6.54 Å². The number of rotatable bonds is 8. The largest absolute Gasteiger partial charge is 0.485 e. The summed E-state index contributed by atoms with van der Waals surface area (Å²) in [5.74, 6) is -0.286. The lowest BCUT2D eigenvalue weighted by Gasteiger charge is -2.08. The molecule has 0 saturated carbocycles. The third-order valence-electron chi connectivity index (χ3n) is 4.30. The van der Waals surface area contributed by atoms with Crippen LogP contribution < -0.4 is 10.1 Å². The highest BCUT2D eigenvalue weighted by molar-refractivity contribution is 5.94. The summed E-state index contributed by atoms with van der Waals surface area (Å²) in [5.41, 5.74) is 1.49. The fraction of sp³-hybridized carbons (Fsp3) is 0.273. The zero-order valence-corrected chi connectivity index (χ0v) is 16.4. The van der Waals surface area contributed by atoms with Crippen LogP contribution in [0.25, 0.3) is 5.69 Å². The maximum atomic E-state index is 13.2. The Hall–Kier alpha value is -3.22. The molecule has 152 valence electrons. The molecule has 3 rings (SSSR count). The zero-order chi connectivity index (χ0) is 20.8. The van der Waals surface area contributed by atoms with Crippen LogP contribution in [0.3, 0.4) is 0 Å². The number of hydrogen-bond acceptors (Lipinski definition) is 3. The van der Waals surface area contributed by atoms with Crippen molar-refractivity contribution in [2.45, 2.75) is 26.9 Å². The van der Waals surface area contributed by atoms with E-state index in [0.717, 1.165) is 12.0 Å². The van der Waals surface area contributed by atoms with Crippen LogP contribution in [0.5, 0.6) is 5.75 Å². The van der Waals surface area contributed by atoms with Gasteiger partial charge in [0.25, 0.3) is 5.91 Å². The molecule has 0 aliphatic rings. The summed E-state index contributed by atoms with van der Waals surface area (Å²) in [5, 5.41) is 7.18. The highest BCUT2D eigenvalue weighted by atomic mass is 19.1. The van der Waals surface area contributed by atoms with E-state index in [0.29, 0.717) is 23.9 Å². The van der Waals surface area contributed by atoms with Gasteiger partial charge in [-0.3, -0.25) is 4.79 Å². The number of hydrogen-bond donors (Lipinski definition) is 1. The van der Waals surface area contributed by atoms with Crippen molar-refractivity contribution >= 4 is 5.91 Å². The molecule has 5 nitrogen and oxygen atoms in total. The molecule has 1 amide bonds. The van der Waals surface area contributed by atoms with Crippen molar-refractivity contribution in [1.29, 1.82) is 0 Å². The number of halogens is 2. The molecule has 29 heavy (non-hydrogen) atoms. The molecule has 3 aromatic rings. The molecule has 7 heteroatoms. The topological polar surface area (TPSA) is 56.2 Å².